The fourth-order valence-electron chi connectivity index (χ4n) is 1.69. The number of nitro groups is 1. The smallest absolute Gasteiger partial charge is 0.270 e. The quantitative estimate of drug-likeness (QED) is 0.352. The molecule has 0 amide bonds. The van der Waals surface area contributed by atoms with Crippen molar-refractivity contribution in [3.8, 4) is 0 Å². The number of carbonyl (C=O) groups excluding carboxylic acids is 1. The first-order valence-corrected chi connectivity index (χ1v) is 6.65. The molecular formula is C15H9Cl2NO3. The topological polar surface area (TPSA) is 60.2 Å². The molecule has 0 aliphatic rings. The fourth-order valence-corrected chi connectivity index (χ4v) is 2.07. The highest BCUT2D eigenvalue weighted by Crippen LogP contribution is 2.22. The zero-order valence-electron chi connectivity index (χ0n) is 10.6. The second kappa shape index (κ2) is 6.52. The van der Waals surface area contributed by atoms with E-state index in [1.807, 2.05) is 0 Å². The van der Waals surface area contributed by atoms with E-state index in [1.165, 1.54) is 30.4 Å². The van der Waals surface area contributed by atoms with E-state index in [1.54, 1.807) is 24.3 Å². The lowest BCUT2D eigenvalue weighted by Gasteiger charge is -2.00. The molecule has 0 saturated heterocycles. The third-order valence-corrected chi connectivity index (χ3v) is 3.27. The van der Waals surface area contributed by atoms with Gasteiger partial charge in [-0.15, -0.1) is 0 Å². The van der Waals surface area contributed by atoms with Gasteiger partial charge in [-0.3, -0.25) is 14.9 Å². The zero-order chi connectivity index (χ0) is 15.4. The molecule has 0 atom stereocenters. The first kappa shape index (κ1) is 15.2. The molecule has 0 aliphatic heterocycles. The number of nitrogens with zero attached hydrogens (tertiary/aromatic N) is 1. The minimum absolute atomic E-state index is 0.0367. The van der Waals surface area contributed by atoms with Crippen molar-refractivity contribution in [2.24, 2.45) is 0 Å². The fraction of sp³-hybridized carbons (Fsp3) is 0. The predicted octanol–water partition coefficient (Wildman–Crippen LogP) is 4.80. The van der Waals surface area contributed by atoms with Crippen LogP contribution in [-0.2, 0) is 0 Å². The number of halogens is 2. The van der Waals surface area contributed by atoms with E-state index in [9.17, 15) is 14.9 Å². The lowest BCUT2D eigenvalue weighted by molar-refractivity contribution is -0.384. The van der Waals surface area contributed by atoms with E-state index in [0.29, 0.717) is 15.6 Å². The van der Waals surface area contributed by atoms with Crippen molar-refractivity contribution in [1.82, 2.24) is 0 Å². The molecule has 4 nitrogen and oxygen atoms in total. The van der Waals surface area contributed by atoms with Gasteiger partial charge in [0.05, 0.1) is 9.95 Å². The monoisotopic (exact) mass is 321 g/mol. The van der Waals surface area contributed by atoms with Gasteiger partial charge < -0.3 is 0 Å². The molecule has 0 fully saturated rings. The summed E-state index contributed by atoms with van der Waals surface area (Å²) in [6, 6.07) is 10.6. The third kappa shape index (κ3) is 3.90. The number of benzene rings is 2. The molecule has 21 heavy (non-hydrogen) atoms. The van der Waals surface area contributed by atoms with Crippen LogP contribution in [0.5, 0.6) is 0 Å². The summed E-state index contributed by atoms with van der Waals surface area (Å²) in [7, 11) is 0. The maximum atomic E-state index is 12.0. The second-order valence-electron chi connectivity index (χ2n) is 4.17. The lowest BCUT2D eigenvalue weighted by Crippen LogP contribution is -1.95. The summed E-state index contributed by atoms with van der Waals surface area (Å²) in [5, 5.41) is 11.4. The normalized spacial score (nSPS) is 10.8. The van der Waals surface area contributed by atoms with Crippen molar-refractivity contribution < 1.29 is 9.72 Å². The first-order valence-electron chi connectivity index (χ1n) is 5.89. The van der Waals surface area contributed by atoms with Crippen LogP contribution in [0.3, 0.4) is 0 Å². The Balaban J connectivity index is 2.24. The van der Waals surface area contributed by atoms with Crippen molar-refractivity contribution in [1.29, 1.82) is 0 Å². The number of non-ortho nitro benzene ring substituents is 1. The first-order chi connectivity index (χ1) is 9.97. The van der Waals surface area contributed by atoms with E-state index < -0.39 is 4.92 Å². The van der Waals surface area contributed by atoms with E-state index in [4.69, 9.17) is 23.2 Å². The molecule has 2 aromatic carbocycles. The molecule has 0 unspecified atom stereocenters. The average molecular weight is 322 g/mol. The van der Waals surface area contributed by atoms with Gasteiger partial charge in [-0.2, -0.15) is 0 Å². The minimum atomic E-state index is -0.493. The highest BCUT2D eigenvalue weighted by atomic mass is 35.5. The Morgan fingerprint density at radius 1 is 1.14 bits per heavy atom. The number of allylic oxidation sites excluding steroid dienone is 1. The molecule has 0 bridgehead atoms. The molecule has 0 heterocycles. The molecule has 0 spiro atoms. The number of carbonyl (C=O) groups is 1. The van der Waals surface area contributed by atoms with Crippen LogP contribution < -0.4 is 0 Å². The summed E-state index contributed by atoms with van der Waals surface area (Å²) in [5.41, 5.74) is 0.798. The predicted molar refractivity (Wildman–Crippen MR) is 82.9 cm³/mol. The Morgan fingerprint density at radius 2 is 1.90 bits per heavy atom. The van der Waals surface area contributed by atoms with Gasteiger partial charge >= 0.3 is 0 Å². The molecule has 0 aliphatic carbocycles. The Bertz CT molecular complexity index is 741. The molecule has 0 saturated carbocycles. The second-order valence-corrected chi connectivity index (χ2v) is 5.02. The largest absolute Gasteiger partial charge is 0.289 e. The molecular weight excluding hydrogens is 313 g/mol. The summed E-state index contributed by atoms with van der Waals surface area (Å²) in [6.45, 7) is 0. The van der Waals surface area contributed by atoms with Gasteiger partial charge in [-0.25, -0.2) is 0 Å². The van der Waals surface area contributed by atoms with E-state index in [2.05, 4.69) is 0 Å². The van der Waals surface area contributed by atoms with Crippen LogP contribution >= 0.6 is 23.2 Å². The lowest BCUT2D eigenvalue weighted by atomic mass is 10.1. The van der Waals surface area contributed by atoms with Gasteiger partial charge in [0.25, 0.3) is 5.69 Å². The molecule has 2 aromatic rings. The Morgan fingerprint density at radius 3 is 2.62 bits per heavy atom. The highest BCUT2D eigenvalue weighted by Gasteiger charge is 2.08. The van der Waals surface area contributed by atoms with Crippen LogP contribution in [0.25, 0.3) is 6.08 Å². The Hall–Kier alpha value is -2.17. The molecule has 0 aromatic heterocycles. The molecule has 106 valence electrons. The van der Waals surface area contributed by atoms with Gasteiger partial charge in [0.1, 0.15) is 0 Å². The Labute approximate surface area is 130 Å². The van der Waals surface area contributed by atoms with Crippen LogP contribution in [0.1, 0.15) is 15.9 Å². The van der Waals surface area contributed by atoms with Gasteiger partial charge in [0, 0.05) is 22.7 Å². The van der Waals surface area contributed by atoms with Gasteiger partial charge in [-0.05, 0) is 29.8 Å². The molecule has 2 rings (SSSR count). The summed E-state index contributed by atoms with van der Waals surface area (Å²) in [6.07, 6.45) is 2.79. The van der Waals surface area contributed by atoms with Crippen molar-refractivity contribution >= 4 is 40.7 Å². The van der Waals surface area contributed by atoms with Crippen molar-refractivity contribution in [2.75, 3.05) is 0 Å². The van der Waals surface area contributed by atoms with Crippen LogP contribution in [0, 0.1) is 10.1 Å². The third-order valence-electron chi connectivity index (χ3n) is 2.70. The van der Waals surface area contributed by atoms with E-state index in [-0.39, 0.29) is 17.0 Å². The van der Waals surface area contributed by atoms with Gasteiger partial charge in [-0.1, -0.05) is 41.4 Å². The maximum Gasteiger partial charge on any atom is 0.270 e. The van der Waals surface area contributed by atoms with Crippen molar-refractivity contribution in [3.63, 3.8) is 0 Å². The summed E-state index contributed by atoms with van der Waals surface area (Å²) >= 11 is 11.8. The number of ketones is 1. The van der Waals surface area contributed by atoms with Crippen molar-refractivity contribution in [3.05, 3.63) is 79.8 Å². The van der Waals surface area contributed by atoms with Crippen LogP contribution in [0.4, 0.5) is 5.69 Å². The van der Waals surface area contributed by atoms with Crippen LogP contribution in [0.15, 0.2) is 48.5 Å². The maximum absolute atomic E-state index is 12.0. The van der Waals surface area contributed by atoms with Gasteiger partial charge in [0.15, 0.2) is 5.78 Å². The number of hydrogen-bond donors (Lipinski definition) is 0. The van der Waals surface area contributed by atoms with Crippen LogP contribution in [0.2, 0.25) is 10.0 Å². The van der Waals surface area contributed by atoms with Crippen LogP contribution in [-0.4, -0.2) is 10.7 Å². The zero-order valence-corrected chi connectivity index (χ0v) is 12.1. The Kier molecular flexibility index (Phi) is 4.73. The standard InChI is InChI=1S/C15H9Cl2NO3/c16-11-5-6-14(17)13(9-11)15(19)7-4-10-2-1-3-12(8-10)18(20)21/h1-9H. The highest BCUT2D eigenvalue weighted by molar-refractivity contribution is 6.36. The number of hydrogen-bond acceptors (Lipinski definition) is 3. The summed E-state index contributed by atoms with van der Waals surface area (Å²) < 4.78 is 0. The number of rotatable bonds is 4. The number of nitro benzene ring substituents is 1. The summed E-state index contributed by atoms with van der Waals surface area (Å²) in [4.78, 5) is 22.2. The van der Waals surface area contributed by atoms with Crippen molar-refractivity contribution in [2.45, 2.75) is 0 Å². The minimum Gasteiger partial charge on any atom is -0.289 e. The molecule has 0 radical (unpaired) electrons. The SMILES string of the molecule is O=C(C=Cc1cccc([N+](=O)[O-])c1)c1cc(Cl)ccc1Cl. The average Bonchev–Trinajstić information content (AvgIpc) is 2.47. The molecule has 0 N–H and O–H groups in total. The van der Waals surface area contributed by atoms with Gasteiger partial charge in [0.2, 0.25) is 0 Å². The summed E-state index contributed by atoms with van der Waals surface area (Å²) in [5.74, 6) is -0.325. The molecule has 6 heteroatoms. The van der Waals surface area contributed by atoms with E-state index in [0.717, 1.165) is 0 Å². The van der Waals surface area contributed by atoms with E-state index >= 15 is 0 Å².